The summed E-state index contributed by atoms with van der Waals surface area (Å²) in [6, 6.07) is 8.41. The lowest BCUT2D eigenvalue weighted by atomic mass is 9.75. The van der Waals surface area contributed by atoms with Crippen molar-refractivity contribution in [3.63, 3.8) is 0 Å². The second-order valence-electron chi connectivity index (χ2n) is 5.85. The Kier molecular flexibility index (Phi) is 5.28. The van der Waals surface area contributed by atoms with Gasteiger partial charge in [-0.2, -0.15) is 0 Å². The van der Waals surface area contributed by atoms with Gasteiger partial charge in [-0.25, -0.2) is 0 Å². The lowest BCUT2D eigenvalue weighted by molar-refractivity contribution is 0.247. The predicted octanol–water partition coefficient (Wildman–Crippen LogP) is 4.55. The molecule has 3 N–H and O–H groups in total. The van der Waals surface area contributed by atoms with Gasteiger partial charge >= 0.3 is 0 Å². The van der Waals surface area contributed by atoms with E-state index in [9.17, 15) is 0 Å². The summed E-state index contributed by atoms with van der Waals surface area (Å²) in [4.78, 5) is 0. The molecule has 1 aromatic rings. The molecule has 1 aliphatic carbocycles. The molecule has 0 aliphatic heterocycles. The molecule has 1 saturated carbocycles. The van der Waals surface area contributed by atoms with Crippen molar-refractivity contribution in [2.45, 2.75) is 51.0 Å². The van der Waals surface area contributed by atoms with Gasteiger partial charge in [-0.15, -0.1) is 0 Å². The van der Waals surface area contributed by atoms with Crippen LogP contribution in [0.4, 0.5) is 5.69 Å². The summed E-state index contributed by atoms with van der Waals surface area (Å²) in [5.41, 5.74) is 7.36. The van der Waals surface area contributed by atoms with Crippen LogP contribution in [0.15, 0.2) is 28.7 Å². The average Bonchev–Trinajstić information content (AvgIpc) is 2.44. The van der Waals surface area contributed by atoms with Gasteiger partial charge < -0.3 is 11.1 Å². The van der Waals surface area contributed by atoms with Crippen LogP contribution in [-0.2, 0) is 0 Å². The first-order valence-electron chi connectivity index (χ1n) is 7.41. The van der Waals surface area contributed by atoms with Crippen LogP contribution in [0, 0.1) is 5.92 Å². The highest BCUT2D eigenvalue weighted by Crippen LogP contribution is 2.36. The number of nitrogens with one attached hydrogen (secondary N) is 1. The minimum Gasteiger partial charge on any atom is -0.378 e. The Morgan fingerprint density at radius 1 is 1.26 bits per heavy atom. The van der Waals surface area contributed by atoms with Crippen molar-refractivity contribution in [2.24, 2.45) is 11.7 Å². The SMILES string of the molecule is CCCC1CCC(CN)(Nc2ccc(Br)cc2)CC1. The maximum absolute atomic E-state index is 6.06. The Labute approximate surface area is 125 Å². The van der Waals surface area contributed by atoms with Crippen LogP contribution in [0.1, 0.15) is 45.4 Å². The maximum Gasteiger partial charge on any atom is 0.0495 e. The smallest absolute Gasteiger partial charge is 0.0495 e. The topological polar surface area (TPSA) is 38.0 Å². The fraction of sp³-hybridized carbons (Fsp3) is 0.625. The lowest BCUT2D eigenvalue weighted by Gasteiger charge is -2.41. The molecule has 0 bridgehead atoms. The predicted molar refractivity (Wildman–Crippen MR) is 86.4 cm³/mol. The third-order valence-corrected chi connectivity index (χ3v) is 4.93. The minimum absolute atomic E-state index is 0.109. The summed E-state index contributed by atoms with van der Waals surface area (Å²) >= 11 is 3.47. The van der Waals surface area contributed by atoms with E-state index >= 15 is 0 Å². The van der Waals surface area contributed by atoms with E-state index in [-0.39, 0.29) is 5.54 Å². The molecule has 0 aromatic heterocycles. The van der Waals surface area contributed by atoms with Crippen molar-refractivity contribution >= 4 is 21.6 Å². The molecule has 0 radical (unpaired) electrons. The van der Waals surface area contributed by atoms with Gasteiger partial charge in [0.15, 0.2) is 0 Å². The standard InChI is InChI=1S/C16H25BrN2/c1-2-3-13-8-10-16(12-18,11-9-13)19-15-6-4-14(17)5-7-15/h4-7,13,19H,2-3,8-12,18H2,1H3. The normalized spacial score (nSPS) is 27.2. The van der Waals surface area contributed by atoms with E-state index in [1.54, 1.807) is 0 Å². The molecule has 1 aromatic carbocycles. The number of hydrogen-bond acceptors (Lipinski definition) is 2. The highest BCUT2D eigenvalue weighted by Gasteiger charge is 2.33. The van der Waals surface area contributed by atoms with Crippen LogP contribution < -0.4 is 11.1 Å². The molecule has 19 heavy (non-hydrogen) atoms. The minimum atomic E-state index is 0.109. The van der Waals surface area contributed by atoms with E-state index in [4.69, 9.17) is 5.73 Å². The molecule has 2 rings (SSSR count). The molecular weight excluding hydrogens is 300 g/mol. The molecule has 1 aliphatic rings. The number of halogens is 1. The zero-order chi connectivity index (χ0) is 13.7. The zero-order valence-corrected chi connectivity index (χ0v) is 13.4. The molecule has 106 valence electrons. The zero-order valence-electron chi connectivity index (χ0n) is 11.8. The highest BCUT2D eigenvalue weighted by molar-refractivity contribution is 9.10. The molecule has 3 heteroatoms. The van der Waals surface area contributed by atoms with Gasteiger partial charge in [0.1, 0.15) is 0 Å². The monoisotopic (exact) mass is 324 g/mol. The molecule has 0 unspecified atom stereocenters. The summed E-state index contributed by atoms with van der Waals surface area (Å²) in [5.74, 6) is 0.913. The van der Waals surface area contributed by atoms with Crippen LogP contribution >= 0.6 is 15.9 Å². The number of nitrogens with two attached hydrogens (primary N) is 1. The highest BCUT2D eigenvalue weighted by atomic mass is 79.9. The van der Waals surface area contributed by atoms with Crippen molar-refractivity contribution in [1.82, 2.24) is 0 Å². The number of benzene rings is 1. The van der Waals surface area contributed by atoms with Crippen LogP contribution in [0.3, 0.4) is 0 Å². The molecule has 0 amide bonds. The Balaban J connectivity index is 1.98. The van der Waals surface area contributed by atoms with Gasteiger partial charge in [0.2, 0.25) is 0 Å². The van der Waals surface area contributed by atoms with Crippen LogP contribution in [0.5, 0.6) is 0 Å². The molecule has 0 spiro atoms. The van der Waals surface area contributed by atoms with E-state index in [2.05, 4.69) is 52.4 Å². The largest absolute Gasteiger partial charge is 0.378 e. The summed E-state index contributed by atoms with van der Waals surface area (Å²) in [6.45, 7) is 3.01. The van der Waals surface area contributed by atoms with Crippen LogP contribution in [0.25, 0.3) is 0 Å². The Morgan fingerprint density at radius 2 is 1.89 bits per heavy atom. The second-order valence-corrected chi connectivity index (χ2v) is 6.76. The van der Waals surface area contributed by atoms with Crippen molar-refractivity contribution < 1.29 is 0 Å². The van der Waals surface area contributed by atoms with Gasteiger partial charge in [-0.1, -0.05) is 35.7 Å². The van der Waals surface area contributed by atoms with Crippen molar-refractivity contribution in [3.05, 3.63) is 28.7 Å². The Morgan fingerprint density at radius 3 is 2.42 bits per heavy atom. The number of anilines is 1. The van der Waals surface area contributed by atoms with Gasteiger partial charge in [-0.05, 0) is 55.9 Å². The first-order chi connectivity index (χ1) is 9.17. The molecule has 0 saturated heterocycles. The van der Waals surface area contributed by atoms with Crippen LogP contribution in [-0.4, -0.2) is 12.1 Å². The van der Waals surface area contributed by atoms with E-state index < -0.39 is 0 Å². The third-order valence-electron chi connectivity index (χ3n) is 4.40. The summed E-state index contributed by atoms with van der Waals surface area (Å²) in [6.07, 6.45) is 7.71. The number of rotatable bonds is 5. The van der Waals surface area contributed by atoms with E-state index in [1.165, 1.54) is 44.2 Å². The van der Waals surface area contributed by atoms with E-state index in [1.807, 2.05) is 0 Å². The quantitative estimate of drug-likeness (QED) is 0.833. The first kappa shape index (κ1) is 14.9. The van der Waals surface area contributed by atoms with Gasteiger partial charge in [0.25, 0.3) is 0 Å². The van der Waals surface area contributed by atoms with E-state index in [0.29, 0.717) is 0 Å². The van der Waals surface area contributed by atoms with Crippen molar-refractivity contribution in [1.29, 1.82) is 0 Å². The van der Waals surface area contributed by atoms with Gasteiger partial charge in [0.05, 0.1) is 0 Å². The van der Waals surface area contributed by atoms with Crippen LogP contribution in [0.2, 0.25) is 0 Å². The molecular formula is C16H25BrN2. The summed E-state index contributed by atoms with van der Waals surface area (Å²) < 4.78 is 1.12. The van der Waals surface area contributed by atoms with Gasteiger partial charge in [-0.3, -0.25) is 0 Å². The van der Waals surface area contributed by atoms with Gasteiger partial charge in [0, 0.05) is 22.2 Å². The summed E-state index contributed by atoms with van der Waals surface area (Å²) in [5, 5.41) is 3.69. The Bertz CT molecular complexity index is 380. The lowest BCUT2D eigenvalue weighted by Crippen LogP contribution is -2.48. The fourth-order valence-corrected chi connectivity index (χ4v) is 3.41. The van der Waals surface area contributed by atoms with Crippen molar-refractivity contribution in [2.75, 3.05) is 11.9 Å². The van der Waals surface area contributed by atoms with E-state index in [0.717, 1.165) is 16.9 Å². The Hall–Kier alpha value is -0.540. The molecule has 0 heterocycles. The molecule has 1 fully saturated rings. The maximum atomic E-state index is 6.06. The second kappa shape index (κ2) is 6.76. The number of hydrogen-bond donors (Lipinski definition) is 2. The molecule has 2 nitrogen and oxygen atoms in total. The third kappa shape index (κ3) is 3.96. The molecule has 0 atom stereocenters. The first-order valence-corrected chi connectivity index (χ1v) is 8.20. The fourth-order valence-electron chi connectivity index (χ4n) is 3.15. The average molecular weight is 325 g/mol. The van der Waals surface area contributed by atoms with Crippen molar-refractivity contribution in [3.8, 4) is 0 Å². The summed E-state index contributed by atoms with van der Waals surface area (Å²) in [7, 11) is 0.